The second-order valence-electron chi connectivity index (χ2n) is 6.54. The molecule has 1 atom stereocenters. The van der Waals surface area contributed by atoms with Gasteiger partial charge >= 0.3 is 0 Å². The third kappa shape index (κ3) is 3.14. The van der Waals surface area contributed by atoms with Gasteiger partial charge in [-0.1, -0.05) is 36.4 Å². The van der Waals surface area contributed by atoms with Crippen LogP contribution in [0.1, 0.15) is 18.2 Å². The zero-order valence-electron chi connectivity index (χ0n) is 14.0. The highest BCUT2D eigenvalue weighted by Gasteiger charge is 2.22. The van der Waals surface area contributed by atoms with Crippen LogP contribution in [0.3, 0.4) is 0 Å². The molecule has 2 aromatic heterocycles. The van der Waals surface area contributed by atoms with Crippen molar-refractivity contribution in [3.8, 4) is 11.3 Å². The van der Waals surface area contributed by atoms with Gasteiger partial charge in [0.2, 0.25) is 0 Å². The van der Waals surface area contributed by atoms with Crippen molar-refractivity contribution >= 4 is 10.9 Å². The van der Waals surface area contributed by atoms with Gasteiger partial charge in [-0.25, -0.2) is 0 Å². The molecule has 0 saturated carbocycles. The first kappa shape index (κ1) is 15.5. The lowest BCUT2D eigenvalue weighted by atomic mass is 9.88. The number of H-pyrrole nitrogens is 1. The summed E-state index contributed by atoms with van der Waals surface area (Å²) in [5.74, 6) is 0. The molecule has 2 heterocycles. The Morgan fingerprint density at radius 1 is 1.00 bits per heavy atom. The Balaban J connectivity index is 1.57. The van der Waals surface area contributed by atoms with Crippen molar-refractivity contribution in [2.75, 3.05) is 0 Å². The van der Waals surface area contributed by atoms with Gasteiger partial charge in [-0.15, -0.1) is 0 Å². The summed E-state index contributed by atoms with van der Waals surface area (Å²) in [5.41, 5.74) is 10.8. The summed E-state index contributed by atoms with van der Waals surface area (Å²) in [6.45, 7) is 2.02. The number of nitrogens with zero attached hydrogens (tertiary/aromatic N) is 3. The lowest BCUT2D eigenvalue weighted by Gasteiger charge is -2.24. The Morgan fingerprint density at radius 2 is 1.84 bits per heavy atom. The van der Waals surface area contributed by atoms with Crippen LogP contribution in [0.4, 0.5) is 0 Å². The van der Waals surface area contributed by atoms with Gasteiger partial charge in [0, 0.05) is 22.9 Å². The van der Waals surface area contributed by atoms with E-state index < -0.39 is 5.54 Å². The molecule has 3 N–H and O–H groups in total. The first-order valence-electron chi connectivity index (χ1n) is 8.22. The molecular weight excluding hydrogens is 310 g/mol. The molecular formula is C20H19N5. The maximum Gasteiger partial charge on any atom is 0.0930 e. The van der Waals surface area contributed by atoms with Crippen LogP contribution in [0, 0.1) is 0 Å². The smallest absolute Gasteiger partial charge is 0.0930 e. The Bertz CT molecular complexity index is 987. The van der Waals surface area contributed by atoms with Crippen LogP contribution >= 0.6 is 0 Å². The maximum absolute atomic E-state index is 6.49. The van der Waals surface area contributed by atoms with Crippen molar-refractivity contribution in [3.63, 3.8) is 0 Å². The number of aromatic nitrogens is 4. The van der Waals surface area contributed by atoms with Gasteiger partial charge in [-0.3, -0.25) is 5.10 Å². The minimum Gasteiger partial charge on any atom is -0.321 e. The van der Waals surface area contributed by atoms with Crippen molar-refractivity contribution in [2.45, 2.75) is 18.9 Å². The summed E-state index contributed by atoms with van der Waals surface area (Å²) in [5, 5.41) is 16.8. The molecule has 0 bridgehead atoms. The van der Waals surface area contributed by atoms with Crippen molar-refractivity contribution < 1.29 is 0 Å². The summed E-state index contributed by atoms with van der Waals surface area (Å²) >= 11 is 0. The van der Waals surface area contributed by atoms with E-state index in [0.29, 0.717) is 6.42 Å². The molecule has 124 valence electrons. The number of rotatable bonds is 4. The van der Waals surface area contributed by atoms with Crippen LogP contribution in [0.2, 0.25) is 0 Å². The topological polar surface area (TPSA) is 80.5 Å². The Hall–Kier alpha value is -3.05. The minimum absolute atomic E-state index is 0.479. The van der Waals surface area contributed by atoms with Gasteiger partial charge in [-0.2, -0.15) is 15.3 Å². The van der Waals surface area contributed by atoms with Crippen LogP contribution in [-0.4, -0.2) is 20.4 Å². The Morgan fingerprint density at radius 3 is 2.60 bits per heavy atom. The highest BCUT2D eigenvalue weighted by Crippen LogP contribution is 2.24. The van der Waals surface area contributed by atoms with E-state index in [0.717, 1.165) is 33.4 Å². The van der Waals surface area contributed by atoms with E-state index in [9.17, 15) is 0 Å². The van der Waals surface area contributed by atoms with E-state index in [1.807, 2.05) is 61.5 Å². The standard InChI is InChI=1S/C20H19N5/c1-20(21,16-5-3-2-4-6-16)12-17-8-10-18(25-23-17)14-7-9-19-15(11-14)13-22-24-19/h2-11,13H,12,21H2,1H3,(H,22,24). The number of nitrogens with two attached hydrogens (primary N) is 1. The zero-order chi connectivity index (χ0) is 17.3. The second-order valence-corrected chi connectivity index (χ2v) is 6.54. The average molecular weight is 329 g/mol. The lowest BCUT2D eigenvalue weighted by molar-refractivity contribution is 0.482. The van der Waals surface area contributed by atoms with Gasteiger partial charge in [0.15, 0.2) is 0 Å². The first-order chi connectivity index (χ1) is 12.1. The van der Waals surface area contributed by atoms with Gasteiger partial charge in [-0.05, 0) is 36.8 Å². The molecule has 25 heavy (non-hydrogen) atoms. The number of nitrogens with one attached hydrogen (secondary N) is 1. The molecule has 1 unspecified atom stereocenters. The lowest BCUT2D eigenvalue weighted by Crippen LogP contribution is -2.35. The number of aromatic amines is 1. The van der Waals surface area contributed by atoms with E-state index in [2.05, 4.69) is 26.5 Å². The van der Waals surface area contributed by atoms with Crippen LogP contribution in [0.15, 0.2) is 66.9 Å². The molecule has 0 fully saturated rings. The SMILES string of the molecule is CC(N)(Cc1ccc(-c2ccc3[nH]ncc3c2)nn1)c1ccccc1. The third-order valence-electron chi connectivity index (χ3n) is 4.44. The van der Waals surface area contributed by atoms with Crippen molar-refractivity contribution in [3.05, 3.63) is 78.1 Å². The predicted octanol–water partition coefficient (Wildman–Crippen LogP) is 3.44. The van der Waals surface area contributed by atoms with Gasteiger partial charge in [0.25, 0.3) is 0 Å². The molecule has 5 heteroatoms. The van der Waals surface area contributed by atoms with E-state index in [1.54, 1.807) is 6.20 Å². The number of fused-ring (bicyclic) bond motifs is 1. The van der Waals surface area contributed by atoms with E-state index in [4.69, 9.17) is 5.73 Å². The summed E-state index contributed by atoms with van der Waals surface area (Å²) in [6.07, 6.45) is 2.44. The highest BCUT2D eigenvalue weighted by atomic mass is 15.1. The Kier molecular flexibility index (Phi) is 3.78. The second kappa shape index (κ2) is 6.11. The molecule has 4 rings (SSSR count). The van der Waals surface area contributed by atoms with E-state index in [1.165, 1.54) is 0 Å². The van der Waals surface area contributed by atoms with Crippen LogP contribution in [0.25, 0.3) is 22.2 Å². The van der Waals surface area contributed by atoms with Crippen LogP contribution in [0.5, 0.6) is 0 Å². The van der Waals surface area contributed by atoms with Crippen LogP contribution < -0.4 is 5.73 Å². The molecule has 0 aliphatic rings. The fraction of sp³-hybridized carbons (Fsp3) is 0.150. The molecule has 0 spiro atoms. The normalized spacial score (nSPS) is 13.7. The van der Waals surface area contributed by atoms with Crippen molar-refractivity contribution in [2.24, 2.45) is 5.73 Å². The molecule has 0 aliphatic heterocycles. The molecule has 0 saturated heterocycles. The predicted molar refractivity (Wildman–Crippen MR) is 98.8 cm³/mol. The molecule has 0 radical (unpaired) electrons. The number of hydrogen-bond acceptors (Lipinski definition) is 4. The van der Waals surface area contributed by atoms with Crippen molar-refractivity contribution in [1.29, 1.82) is 0 Å². The van der Waals surface area contributed by atoms with E-state index in [-0.39, 0.29) is 0 Å². The average Bonchev–Trinajstić information content (AvgIpc) is 3.10. The summed E-state index contributed by atoms with van der Waals surface area (Å²) in [4.78, 5) is 0. The Labute approximate surface area is 145 Å². The van der Waals surface area contributed by atoms with Gasteiger partial charge in [0.1, 0.15) is 0 Å². The summed E-state index contributed by atoms with van der Waals surface area (Å²) in [6, 6.07) is 20.1. The van der Waals surface area contributed by atoms with Gasteiger partial charge < -0.3 is 5.73 Å². The molecule has 0 aliphatic carbocycles. The highest BCUT2D eigenvalue weighted by molar-refractivity contribution is 5.83. The number of hydrogen-bond donors (Lipinski definition) is 2. The summed E-state index contributed by atoms with van der Waals surface area (Å²) in [7, 11) is 0. The third-order valence-corrected chi connectivity index (χ3v) is 4.44. The fourth-order valence-corrected chi connectivity index (χ4v) is 3.01. The largest absolute Gasteiger partial charge is 0.321 e. The van der Waals surface area contributed by atoms with Crippen LogP contribution in [-0.2, 0) is 12.0 Å². The molecule has 0 amide bonds. The fourth-order valence-electron chi connectivity index (χ4n) is 3.01. The monoisotopic (exact) mass is 329 g/mol. The molecule has 2 aromatic carbocycles. The number of benzene rings is 2. The molecule has 4 aromatic rings. The minimum atomic E-state index is -0.479. The summed E-state index contributed by atoms with van der Waals surface area (Å²) < 4.78 is 0. The quantitative estimate of drug-likeness (QED) is 0.601. The first-order valence-corrected chi connectivity index (χ1v) is 8.22. The molecule has 5 nitrogen and oxygen atoms in total. The van der Waals surface area contributed by atoms with E-state index >= 15 is 0 Å². The zero-order valence-corrected chi connectivity index (χ0v) is 14.0. The maximum atomic E-state index is 6.49. The van der Waals surface area contributed by atoms with Crippen molar-refractivity contribution in [1.82, 2.24) is 20.4 Å². The van der Waals surface area contributed by atoms with Gasteiger partial charge in [0.05, 0.1) is 23.1 Å².